The molecule has 1 atom stereocenters. The minimum Gasteiger partial charge on any atom is -0.452 e. The van der Waals surface area contributed by atoms with Gasteiger partial charge in [0.2, 0.25) is 0 Å². The summed E-state index contributed by atoms with van der Waals surface area (Å²) in [4.78, 5) is 25.5. The van der Waals surface area contributed by atoms with E-state index in [4.69, 9.17) is 9.47 Å². The van der Waals surface area contributed by atoms with Crippen LogP contribution >= 0.6 is 11.8 Å². The summed E-state index contributed by atoms with van der Waals surface area (Å²) in [6.07, 6.45) is 2.38. The molecule has 0 aliphatic carbocycles. The second-order valence-corrected chi connectivity index (χ2v) is 7.88. The average Bonchev–Trinajstić information content (AvgIpc) is 3.22. The van der Waals surface area contributed by atoms with Gasteiger partial charge >= 0.3 is 5.97 Å². The van der Waals surface area contributed by atoms with E-state index >= 15 is 0 Å². The van der Waals surface area contributed by atoms with Gasteiger partial charge in [0, 0.05) is 22.9 Å². The Morgan fingerprint density at radius 1 is 1.18 bits per heavy atom. The topological polar surface area (TPSA) is 64.6 Å². The number of hydrogen-bond donors (Lipinski definition) is 1. The molecule has 3 rings (SSSR count). The van der Waals surface area contributed by atoms with Crippen LogP contribution in [0, 0.1) is 13.8 Å². The number of ether oxygens (including phenoxy) is 2. The van der Waals surface area contributed by atoms with Crippen LogP contribution in [0.1, 0.15) is 34.3 Å². The summed E-state index contributed by atoms with van der Waals surface area (Å²) in [5.74, 6) is -0.0460. The average molecular weight is 400 g/mol. The lowest BCUT2D eigenvalue weighted by Crippen LogP contribution is -2.21. The summed E-state index contributed by atoms with van der Waals surface area (Å²) < 4.78 is 10.9. The van der Waals surface area contributed by atoms with Crippen molar-refractivity contribution in [2.24, 2.45) is 0 Å². The van der Waals surface area contributed by atoms with Gasteiger partial charge in [-0.3, -0.25) is 4.79 Å². The highest BCUT2D eigenvalue weighted by Crippen LogP contribution is 2.27. The molecule has 0 unspecified atom stereocenters. The number of carbonyl (C=O) groups excluding carboxylic acids is 2. The van der Waals surface area contributed by atoms with E-state index in [1.54, 1.807) is 23.9 Å². The summed E-state index contributed by atoms with van der Waals surface area (Å²) in [6, 6.07) is 13.0. The first-order chi connectivity index (χ1) is 13.5. The number of amides is 1. The maximum atomic E-state index is 12.5. The monoisotopic (exact) mass is 399 g/mol. The van der Waals surface area contributed by atoms with Crippen molar-refractivity contribution >= 4 is 29.3 Å². The molecular formula is C22H25NO4S. The number of benzene rings is 2. The van der Waals surface area contributed by atoms with Crippen molar-refractivity contribution in [1.82, 2.24) is 0 Å². The Balaban J connectivity index is 1.55. The highest BCUT2D eigenvalue weighted by molar-refractivity contribution is 7.99. The Morgan fingerprint density at radius 3 is 2.79 bits per heavy atom. The van der Waals surface area contributed by atoms with Crippen LogP contribution in [0.2, 0.25) is 0 Å². The van der Waals surface area contributed by atoms with Gasteiger partial charge in [-0.1, -0.05) is 24.3 Å². The largest absolute Gasteiger partial charge is 0.452 e. The Hall–Kier alpha value is -2.31. The number of esters is 1. The predicted octanol–water partition coefficient (Wildman–Crippen LogP) is 4.37. The van der Waals surface area contributed by atoms with Crippen LogP contribution in [-0.2, 0) is 14.3 Å². The highest BCUT2D eigenvalue weighted by atomic mass is 32.2. The molecule has 1 aliphatic heterocycles. The second kappa shape index (κ2) is 9.75. The Labute approximate surface area is 169 Å². The Kier molecular flexibility index (Phi) is 7.12. The Morgan fingerprint density at radius 2 is 2.00 bits per heavy atom. The van der Waals surface area contributed by atoms with Crippen LogP contribution in [0.15, 0.2) is 47.4 Å². The van der Waals surface area contributed by atoms with Crippen LogP contribution in [0.5, 0.6) is 0 Å². The number of hydrogen-bond acceptors (Lipinski definition) is 5. The molecule has 148 valence electrons. The van der Waals surface area contributed by atoms with Crippen molar-refractivity contribution < 1.29 is 19.1 Å². The zero-order valence-corrected chi connectivity index (χ0v) is 17.0. The summed E-state index contributed by atoms with van der Waals surface area (Å²) in [5, 5.41) is 2.80. The van der Waals surface area contributed by atoms with Crippen LogP contribution in [0.4, 0.5) is 5.69 Å². The number of thioether (sulfide) groups is 1. The molecule has 1 amide bonds. The van der Waals surface area contributed by atoms with Crippen molar-refractivity contribution in [3.05, 3.63) is 59.2 Å². The van der Waals surface area contributed by atoms with Crippen LogP contribution in [0.25, 0.3) is 0 Å². The first-order valence-corrected chi connectivity index (χ1v) is 10.4. The maximum absolute atomic E-state index is 12.5. The number of aryl methyl sites for hydroxylation is 1. The molecule has 1 saturated heterocycles. The van der Waals surface area contributed by atoms with Crippen molar-refractivity contribution in [3.63, 3.8) is 0 Å². The summed E-state index contributed by atoms with van der Waals surface area (Å²) in [5.41, 5.74) is 3.30. The molecule has 0 bridgehead atoms. The third-order valence-electron chi connectivity index (χ3n) is 4.77. The number of rotatable bonds is 7. The van der Waals surface area contributed by atoms with E-state index in [2.05, 4.69) is 5.32 Å². The van der Waals surface area contributed by atoms with Crippen molar-refractivity contribution in [2.75, 3.05) is 24.3 Å². The standard InChI is InChI=1S/C22H25NO4S/c1-15-7-5-10-19(16(15)2)23-21(24)13-27-22(25)18-9-3-4-11-20(18)28-14-17-8-6-12-26-17/h3-5,7,9-11,17H,6,8,12-14H2,1-2H3,(H,23,24)/t17-/m0/s1. The minimum atomic E-state index is -0.494. The van der Waals surface area contributed by atoms with Crippen LogP contribution in [-0.4, -0.2) is 36.9 Å². The molecule has 0 saturated carbocycles. The molecule has 2 aromatic rings. The van der Waals surface area contributed by atoms with Gasteiger partial charge in [0.25, 0.3) is 5.91 Å². The van der Waals surface area contributed by atoms with Gasteiger partial charge in [-0.2, -0.15) is 0 Å². The van der Waals surface area contributed by atoms with Gasteiger partial charge < -0.3 is 14.8 Å². The summed E-state index contributed by atoms with van der Waals surface area (Å²) >= 11 is 1.59. The fraction of sp³-hybridized carbons (Fsp3) is 0.364. The molecule has 0 radical (unpaired) electrons. The van der Waals surface area contributed by atoms with Crippen molar-refractivity contribution in [2.45, 2.75) is 37.7 Å². The molecule has 0 spiro atoms. The molecule has 1 aliphatic rings. The van der Waals surface area contributed by atoms with E-state index in [1.165, 1.54) is 0 Å². The van der Waals surface area contributed by atoms with E-state index in [0.29, 0.717) is 5.56 Å². The third-order valence-corrected chi connectivity index (χ3v) is 5.97. The smallest absolute Gasteiger partial charge is 0.339 e. The van der Waals surface area contributed by atoms with E-state index in [0.717, 1.165) is 46.9 Å². The van der Waals surface area contributed by atoms with E-state index in [9.17, 15) is 9.59 Å². The third kappa shape index (κ3) is 5.36. The first-order valence-electron chi connectivity index (χ1n) is 9.41. The normalized spacial score (nSPS) is 16.0. The highest BCUT2D eigenvalue weighted by Gasteiger charge is 2.19. The first kappa shape index (κ1) is 20.4. The molecule has 1 heterocycles. The SMILES string of the molecule is Cc1cccc(NC(=O)COC(=O)c2ccccc2SC[C@@H]2CCCO2)c1C. The lowest BCUT2D eigenvalue weighted by atomic mass is 10.1. The molecule has 28 heavy (non-hydrogen) atoms. The molecule has 0 aromatic heterocycles. The Bertz CT molecular complexity index is 846. The maximum Gasteiger partial charge on any atom is 0.339 e. The van der Waals surface area contributed by atoms with E-state index in [-0.39, 0.29) is 18.6 Å². The summed E-state index contributed by atoms with van der Waals surface area (Å²) in [7, 11) is 0. The van der Waals surface area contributed by atoms with Gasteiger partial charge in [0.05, 0.1) is 11.7 Å². The number of anilines is 1. The predicted molar refractivity (Wildman–Crippen MR) is 111 cm³/mol. The molecule has 6 heteroatoms. The van der Waals surface area contributed by atoms with Crippen LogP contribution < -0.4 is 5.32 Å². The van der Waals surface area contributed by atoms with Crippen molar-refractivity contribution in [1.29, 1.82) is 0 Å². The van der Waals surface area contributed by atoms with Gasteiger partial charge in [0.15, 0.2) is 6.61 Å². The van der Waals surface area contributed by atoms with Gasteiger partial charge in [-0.25, -0.2) is 4.79 Å². The van der Waals surface area contributed by atoms with Gasteiger partial charge in [-0.05, 0) is 56.0 Å². The van der Waals surface area contributed by atoms with E-state index < -0.39 is 5.97 Å². The molecular weight excluding hydrogens is 374 g/mol. The zero-order valence-electron chi connectivity index (χ0n) is 16.2. The molecule has 1 fully saturated rings. The quantitative estimate of drug-likeness (QED) is 0.553. The molecule has 5 nitrogen and oxygen atoms in total. The number of carbonyl (C=O) groups is 2. The fourth-order valence-electron chi connectivity index (χ4n) is 3.00. The van der Waals surface area contributed by atoms with Crippen molar-refractivity contribution in [3.8, 4) is 0 Å². The molecule has 2 aromatic carbocycles. The zero-order chi connectivity index (χ0) is 19.9. The lowest BCUT2D eigenvalue weighted by molar-refractivity contribution is -0.119. The van der Waals surface area contributed by atoms with Gasteiger partial charge in [-0.15, -0.1) is 11.8 Å². The number of nitrogens with one attached hydrogen (secondary N) is 1. The second-order valence-electron chi connectivity index (χ2n) is 6.81. The van der Waals surface area contributed by atoms with Gasteiger partial charge in [0.1, 0.15) is 0 Å². The summed E-state index contributed by atoms with van der Waals surface area (Å²) in [6.45, 7) is 4.41. The lowest BCUT2D eigenvalue weighted by Gasteiger charge is -2.13. The van der Waals surface area contributed by atoms with Crippen LogP contribution in [0.3, 0.4) is 0 Å². The fourth-order valence-corrected chi connectivity index (χ4v) is 4.11. The molecule has 1 N–H and O–H groups in total. The minimum absolute atomic E-state index is 0.234. The van der Waals surface area contributed by atoms with E-state index in [1.807, 2.05) is 44.2 Å².